The van der Waals surface area contributed by atoms with Gasteiger partial charge in [-0.2, -0.15) is 0 Å². The van der Waals surface area contributed by atoms with Gasteiger partial charge in [-0.15, -0.1) is 0 Å². The zero-order valence-electron chi connectivity index (χ0n) is 2.08. The van der Waals surface area contributed by atoms with E-state index in [1.54, 1.807) is 0 Å². The predicted molar refractivity (Wildman–Crippen MR) is 7.81 cm³/mol. The van der Waals surface area contributed by atoms with Crippen LogP contribution in [0.1, 0.15) is 0 Å². The molecular formula is FeO3Sn. The summed E-state index contributed by atoms with van der Waals surface area (Å²) < 4.78 is 25.1. The van der Waals surface area contributed by atoms with Gasteiger partial charge < -0.3 is 0 Å². The van der Waals surface area contributed by atoms with Crippen LogP contribution in [-0.4, -0.2) is 21.1 Å². The third-order valence-corrected chi connectivity index (χ3v) is 0. The molecule has 3 nitrogen and oxygen atoms in total. The molecule has 5 heteroatoms. The Bertz CT molecular complexity index is 36.2. The first kappa shape index (κ1) is 9.21. The average Bonchev–Trinajstić information content (AvgIpc) is 1.46. The van der Waals surface area contributed by atoms with Gasteiger partial charge in [0.1, 0.15) is 0 Å². The van der Waals surface area contributed by atoms with Crippen LogP contribution in [0.15, 0.2) is 0 Å². The van der Waals surface area contributed by atoms with Crippen molar-refractivity contribution >= 4 is 21.1 Å². The molecule has 0 aromatic heterocycles. The van der Waals surface area contributed by atoms with Gasteiger partial charge in [-0.1, -0.05) is 0 Å². The molecule has 0 fully saturated rings. The van der Waals surface area contributed by atoms with Crippen molar-refractivity contribution < 1.29 is 25.9 Å². The molecule has 0 amide bonds. The fourth-order valence-electron chi connectivity index (χ4n) is 0. The average molecular weight is 223 g/mol. The van der Waals surface area contributed by atoms with Crippen LogP contribution < -0.4 is 0 Å². The van der Waals surface area contributed by atoms with E-state index in [4.69, 9.17) is 9.99 Å². The van der Waals surface area contributed by atoms with Gasteiger partial charge in [-0.25, -0.2) is 0 Å². The second kappa shape index (κ2) is 22.1. The molecule has 0 atom stereocenters. The van der Waals surface area contributed by atoms with E-state index in [9.17, 15) is 0 Å². The van der Waals surface area contributed by atoms with E-state index in [1.165, 1.54) is 0 Å². The molecule has 0 aliphatic heterocycles. The van der Waals surface area contributed by atoms with Crippen molar-refractivity contribution in [3.63, 3.8) is 0 Å². The molecule has 0 N–H and O–H groups in total. The summed E-state index contributed by atoms with van der Waals surface area (Å²) in [6.45, 7) is 0. The minimum absolute atomic E-state index is 2.00. The Hall–Kier alpha value is 0.718. The Kier molecular flexibility index (Phi) is 40.7. The van der Waals surface area contributed by atoms with Crippen molar-refractivity contribution in [1.82, 2.24) is 0 Å². The third-order valence-electron chi connectivity index (χ3n) is 0. The van der Waals surface area contributed by atoms with Gasteiger partial charge in [0.15, 0.2) is 0 Å². The summed E-state index contributed by atoms with van der Waals surface area (Å²) in [5.41, 5.74) is 0. The van der Waals surface area contributed by atoms with Gasteiger partial charge in [0.05, 0.1) is 0 Å². The molecule has 0 saturated heterocycles. The van der Waals surface area contributed by atoms with Crippen LogP contribution in [0.5, 0.6) is 0 Å². The van der Waals surface area contributed by atoms with E-state index >= 15 is 0 Å². The third kappa shape index (κ3) is 67.6. The molecule has 0 bridgehead atoms. The minimum atomic E-state index is -2.27. The molecule has 0 heterocycles. The fraction of sp³-hybridized carbons (Fsp3) is 0. The topological polar surface area (TPSA) is 51.2 Å². The quantitative estimate of drug-likeness (QED) is 0.508. The van der Waals surface area contributed by atoms with Gasteiger partial charge in [0, 0.05) is 0 Å². The number of hydrogen-bond donors (Lipinski definition) is 0. The van der Waals surface area contributed by atoms with Gasteiger partial charge in [0.2, 0.25) is 0 Å². The summed E-state index contributed by atoms with van der Waals surface area (Å²) in [5.74, 6) is 0. The Morgan fingerprint density at radius 1 is 1.20 bits per heavy atom. The molecule has 0 aromatic carbocycles. The first-order valence-electron chi connectivity index (χ1n) is 0.553. The van der Waals surface area contributed by atoms with Crippen LogP contribution in [0.25, 0.3) is 0 Å². The van der Waals surface area contributed by atoms with Crippen LogP contribution in [0, 0.1) is 0 Å². The molecule has 5 heavy (non-hydrogen) atoms. The molecule has 0 aliphatic carbocycles. The van der Waals surface area contributed by atoms with Gasteiger partial charge in [0.25, 0.3) is 0 Å². The Morgan fingerprint density at radius 2 is 1.20 bits per heavy atom. The molecule has 0 radical (unpaired) electrons. The van der Waals surface area contributed by atoms with Crippen molar-refractivity contribution in [2.45, 2.75) is 0 Å². The summed E-state index contributed by atoms with van der Waals surface area (Å²) in [6.07, 6.45) is 0. The maximum absolute atomic E-state index is 8.54. The number of hydrogen-bond acceptors (Lipinski definition) is 3. The van der Waals surface area contributed by atoms with Crippen molar-refractivity contribution in [1.29, 1.82) is 0 Å². The Morgan fingerprint density at radius 3 is 1.20 bits per heavy atom. The molecule has 0 spiro atoms. The van der Waals surface area contributed by atoms with E-state index in [2.05, 4.69) is 0 Å². The monoisotopic (exact) mass is 224 g/mol. The van der Waals surface area contributed by atoms with Crippen LogP contribution in [0.2, 0.25) is 0 Å². The van der Waals surface area contributed by atoms with Gasteiger partial charge in [-0.3, -0.25) is 0 Å². The fourth-order valence-corrected chi connectivity index (χ4v) is 0. The van der Waals surface area contributed by atoms with Crippen molar-refractivity contribution in [2.75, 3.05) is 0 Å². The number of rotatable bonds is 0. The van der Waals surface area contributed by atoms with E-state index in [1.807, 2.05) is 15.9 Å². The first-order chi connectivity index (χ1) is 2.41. The predicted octanol–water partition coefficient (Wildman–Crippen LogP) is -0.740. The van der Waals surface area contributed by atoms with Crippen LogP contribution >= 0.6 is 0 Å². The zero-order chi connectivity index (χ0) is 4.71. The normalized spacial score (nSPS) is 2.60. The Labute approximate surface area is 47.1 Å². The van der Waals surface area contributed by atoms with Crippen molar-refractivity contribution in [3.8, 4) is 0 Å². The Balaban J connectivity index is 0. The molecule has 0 aliphatic rings. The molecule has 0 unspecified atom stereocenters. The maximum atomic E-state index is 8.54. The molecule has 0 aromatic rings. The van der Waals surface area contributed by atoms with E-state index in [0.29, 0.717) is 0 Å². The van der Waals surface area contributed by atoms with Crippen molar-refractivity contribution in [2.24, 2.45) is 0 Å². The van der Waals surface area contributed by atoms with E-state index in [-0.39, 0.29) is 0 Å². The van der Waals surface area contributed by atoms with E-state index < -0.39 is 21.1 Å². The summed E-state index contributed by atoms with van der Waals surface area (Å²) in [6, 6.07) is 0. The molecule has 0 rings (SSSR count). The van der Waals surface area contributed by atoms with Crippen LogP contribution in [-0.2, 0) is 25.9 Å². The molecule has 0 saturated carbocycles. The second-order valence-electron chi connectivity index (χ2n) is 0.0833. The van der Waals surface area contributed by atoms with Gasteiger partial charge >= 0.3 is 47.0 Å². The summed E-state index contributed by atoms with van der Waals surface area (Å²) in [4.78, 5) is 0. The first-order valence-corrected chi connectivity index (χ1v) is 3.33. The van der Waals surface area contributed by atoms with Crippen molar-refractivity contribution in [3.05, 3.63) is 0 Å². The summed E-state index contributed by atoms with van der Waals surface area (Å²) >= 11 is -0.270. The summed E-state index contributed by atoms with van der Waals surface area (Å²) in [7, 11) is 0. The van der Waals surface area contributed by atoms with E-state index in [0.717, 1.165) is 0 Å². The zero-order valence-corrected chi connectivity index (χ0v) is 6.04. The molecular weight excluding hydrogens is 223 g/mol. The van der Waals surface area contributed by atoms with Gasteiger partial charge in [-0.05, 0) is 0 Å². The molecule has 30 valence electrons. The summed E-state index contributed by atoms with van der Waals surface area (Å²) in [5, 5.41) is 0. The van der Waals surface area contributed by atoms with Crippen LogP contribution in [0.4, 0.5) is 0 Å². The SMILES string of the molecule is [O]=[Fe].[O]=[Sn]=[O]. The second-order valence-corrected chi connectivity index (χ2v) is 0.559. The van der Waals surface area contributed by atoms with Crippen LogP contribution in [0.3, 0.4) is 0 Å². The standard InChI is InChI=1S/Fe.3O.Sn.